The molecule has 2 aromatic rings. The van der Waals surface area contributed by atoms with Gasteiger partial charge in [0.25, 0.3) is 0 Å². The Balaban J connectivity index is 1.59. The molecule has 0 aliphatic carbocycles. The van der Waals surface area contributed by atoms with Crippen molar-refractivity contribution in [3.63, 3.8) is 0 Å². The second-order valence-electron chi connectivity index (χ2n) is 6.30. The highest BCUT2D eigenvalue weighted by Gasteiger charge is 2.22. The van der Waals surface area contributed by atoms with E-state index in [0.717, 1.165) is 36.4 Å². The topological polar surface area (TPSA) is 58.1 Å². The number of carbonyl (C=O) groups excluding carboxylic acids is 1. The smallest absolute Gasteiger partial charge is 0.223 e. The van der Waals surface area contributed by atoms with Gasteiger partial charge >= 0.3 is 0 Å². The summed E-state index contributed by atoms with van der Waals surface area (Å²) in [4.78, 5) is 22.6. The first-order valence-electron chi connectivity index (χ1n) is 8.27. The zero-order valence-electron chi connectivity index (χ0n) is 14.3. The van der Waals surface area contributed by atoms with Crippen LogP contribution in [-0.2, 0) is 11.3 Å². The molecular weight excluding hydrogens is 339 g/mol. The third-order valence-electron chi connectivity index (χ3n) is 4.22. The number of thiazole rings is 1. The minimum atomic E-state index is -0.450. The van der Waals surface area contributed by atoms with Gasteiger partial charge in [0.15, 0.2) is 5.13 Å². The summed E-state index contributed by atoms with van der Waals surface area (Å²) >= 11 is 1.52. The van der Waals surface area contributed by atoms with E-state index in [1.807, 2.05) is 6.20 Å². The summed E-state index contributed by atoms with van der Waals surface area (Å²) in [6, 6.07) is 3.56. The van der Waals surface area contributed by atoms with E-state index in [9.17, 15) is 9.18 Å². The van der Waals surface area contributed by atoms with Crippen LogP contribution >= 0.6 is 11.3 Å². The van der Waals surface area contributed by atoms with Crippen LogP contribution in [0.1, 0.15) is 37.1 Å². The van der Waals surface area contributed by atoms with Crippen LogP contribution in [0.4, 0.5) is 9.52 Å². The Bertz CT molecular complexity index is 772. The Morgan fingerprint density at radius 3 is 2.96 bits per heavy atom. The predicted octanol–water partition coefficient (Wildman–Crippen LogP) is 3.70. The Kier molecular flexibility index (Phi) is 5.55. The van der Waals surface area contributed by atoms with Crippen molar-refractivity contribution in [3.05, 3.63) is 46.5 Å². The van der Waals surface area contributed by atoms with Gasteiger partial charge in [-0.15, -0.1) is 11.3 Å². The Hall–Kier alpha value is -2.12. The van der Waals surface area contributed by atoms with Gasteiger partial charge in [-0.2, -0.15) is 4.39 Å². The predicted molar refractivity (Wildman–Crippen MR) is 97.7 cm³/mol. The van der Waals surface area contributed by atoms with Crippen LogP contribution in [0, 0.1) is 5.95 Å². The van der Waals surface area contributed by atoms with Crippen LogP contribution in [0.3, 0.4) is 0 Å². The van der Waals surface area contributed by atoms with Crippen molar-refractivity contribution in [2.45, 2.75) is 39.3 Å². The minimum absolute atomic E-state index is 0.0997. The molecule has 1 atom stereocenters. The SMILES string of the molecule is CC(=O)Nc1ncc(CN2CCC(=Cc3ccc(F)nc3)C[C@H]2C)s1. The molecule has 132 valence electrons. The number of nitrogens with zero attached hydrogens (tertiary/aromatic N) is 3. The van der Waals surface area contributed by atoms with Crippen molar-refractivity contribution in [1.29, 1.82) is 0 Å². The van der Waals surface area contributed by atoms with Gasteiger partial charge in [0.05, 0.1) is 0 Å². The zero-order valence-corrected chi connectivity index (χ0v) is 15.1. The number of halogens is 1. The molecule has 1 fully saturated rings. The number of hydrogen-bond donors (Lipinski definition) is 1. The average molecular weight is 360 g/mol. The molecule has 7 heteroatoms. The van der Waals surface area contributed by atoms with Gasteiger partial charge in [-0.3, -0.25) is 9.69 Å². The molecule has 2 aromatic heterocycles. The van der Waals surface area contributed by atoms with E-state index in [-0.39, 0.29) is 5.91 Å². The Morgan fingerprint density at radius 2 is 2.28 bits per heavy atom. The number of pyridine rings is 1. The minimum Gasteiger partial charge on any atom is -0.302 e. The van der Waals surface area contributed by atoms with Crippen LogP contribution < -0.4 is 5.32 Å². The molecule has 1 amide bonds. The fraction of sp³-hybridized carbons (Fsp3) is 0.389. The van der Waals surface area contributed by atoms with Crippen molar-refractivity contribution in [2.75, 3.05) is 11.9 Å². The van der Waals surface area contributed by atoms with E-state index in [0.29, 0.717) is 11.2 Å². The molecule has 0 bridgehead atoms. The molecule has 3 heterocycles. The standard InChI is InChI=1S/C18H21FN4OS/c1-12-7-14(8-15-3-4-17(19)20-9-15)5-6-23(12)11-16-10-21-18(25-16)22-13(2)24/h3-4,8-10,12H,5-7,11H2,1-2H3,(H,21,22,24)/t12-/m1/s1. The van der Waals surface area contributed by atoms with Gasteiger partial charge in [0, 0.05) is 43.3 Å². The number of anilines is 1. The monoisotopic (exact) mass is 360 g/mol. The van der Waals surface area contributed by atoms with Gasteiger partial charge in [0.2, 0.25) is 11.9 Å². The second-order valence-corrected chi connectivity index (χ2v) is 7.42. The molecule has 3 rings (SSSR count). The quantitative estimate of drug-likeness (QED) is 0.845. The molecule has 5 nitrogen and oxygen atoms in total. The van der Waals surface area contributed by atoms with Crippen LogP contribution in [0.5, 0.6) is 0 Å². The van der Waals surface area contributed by atoms with Crippen LogP contribution in [0.25, 0.3) is 6.08 Å². The first-order chi connectivity index (χ1) is 12.0. The molecule has 0 radical (unpaired) electrons. The summed E-state index contributed by atoms with van der Waals surface area (Å²) in [5.74, 6) is -0.550. The van der Waals surface area contributed by atoms with Crippen molar-refractivity contribution < 1.29 is 9.18 Å². The average Bonchev–Trinajstić information content (AvgIpc) is 2.98. The lowest BCUT2D eigenvalue weighted by atomic mass is 9.96. The van der Waals surface area contributed by atoms with Crippen LogP contribution in [0.2, 0.25) is 0 Å². The molecular formula is C18H21FN4OS. The number of nitrogens with one attached hydrogen (secondary N) is 1. The summed E-state index contributed by atoms with van der Waals surface area (Å²) in [6.45, 7) is 5.50. The fourth-order valence-electron chi connectivity index (χ4n) is 2.98. The van der Waals surface area contributed by atoms with E-state index in [1.54, 1.807) is 12.3 Å². The summed E-state index contributed by atoms with van der Waals surface area (Å²) in [6.07, 6.45) is 7.48. The summed E-state index contributed by atoms with van der Waals surface area (Å²) in [5.41, 5.74) is 2.31. The lowest BCUT2D eigenvalue weighted by molar-refractivity contribution is -0.114. The maximum Gasteiger partial charge on any atom is 0.223 e. The van der Waals surface area contributed by atoms with E-state index in [2.05, 4.69) is 33.2 Å². The van der Waals surface area contributed by atoms with Crippen molar-refractivity contribution in [2.24, 2.45) is 0 Å². The molecule has 0 aromatic carbocycles. The van der Waals surface area contributed by atoms with Gasteiger partial charge in [-0.05, 0) is 37.5 Å². The molecule has 1 saturated heterocycles. The molecule has 0 unspecified atom stereocenters. The highest BCUT2D eigenvalue weighted by molar-refractivity contribution is 7.15. The highest BCUT2D eigenvalue weighted by atomic mass is 32.1. The second kappa shape index (κ2) is 7.84. The number of carbonyl (C=O) groups is 1. The molecule has 1 aliphatic heterocycles. The van der Waals surface area contributed by atoms with Gasteiger partial charge < -0.3 is 5.32 Å². The van der Waals surface area contributed by atoms with Crippen LogP contribution in [0.15, 0.2) is 30.1 Å². The normalized spacial score (nSPS) is 20.0. The van der Waals surface area contributed by atoms with Crippen molar-refractivity contribution in [3.8, 4) is 0 Å². The van der Waals surface area contributed by atoms with E-state index in [4.69, 9.17) is 0 Å². The van der Waals surface area contributed by atoms with E-state index in [1.165, 1.54) is 29.9 Å². The van der Waals surface area contributed by atoms with E-state index < -0.39 is 5.95 Å². The fourth-order valence-corrected chi connectivity index (χ4v) is 3.87. The highest BCUT2D eigenvalue weighted by Crippen LogP contribution is 2.27. The van der Waals surface area contributed by atoms with Crippen molar-refractivity contribution >= 4 is 28.5 Å². The maximum absolute atomic E-state index is 12.9. The van der Waals surface area contributed by atoms with Gasteiger partial charge in [-0.25, -0.2) is 9.97 Å². The molecule has 0 spiro atoms. The summed E-state index contributed by atoms with van der Waals surface area (Å²) < 4.78 is 12.9. The number of piperidine rings is 1. The third-order valence-corrected chi connectivity index (χ3v) is 5.12. The lowest BCUT2D eigenvalue weighted by Gasteiger charge is -2.34. The van der Waals surface area contributed by atoms with Crippen LogP contribution in [-0.4, -0.2) is 33.4 Å². The van der Waals surface area contributed by atoms with Gasteiger partial charge in [-0.1, -0.05) is 11.6 Å². The number of hydrogen-bond acceptors (Lipinski definition) is 5. The first-order valence-corrected chi connectivity index (χ1v) is 9.08. The number of likely N-dealkylation sites (tertiary alicyclic amines) is 1. The van der Waals surface area contributed by atoms with Gasteiger partial charge in [0.1, 0.15) is 0 Å². The summed E-state index contributed by atoms with van der Waals surface area (Å²) in [5, 5.41) is 3.37. The molecule has 25 heavy (non-hydrogen) atoms. The Morgan fingerprint density at radius 1 is 1.44 bits per heavy atom. The summed E-state index contributed by atoms with van der Waals surface area (Å²) in [7, 11) is 0. The largest absolute Gasteiger partial charge is 0.302 e. The first kappa shape index (κ1) is 17.7. The van der Waals surface area contributed by atoms with E-state index >= 15 is 0 Å². The third kappa shape index (κ3) is 4.93. The molecule has 1 N–H and O–H groups in total. The molecule has 0 saturated carbocycles. The number of rotatable bonds is 4. The number of aromatic nitrogens is 2. The maximum atomic E-state index is 12.9. The molecule has 1 aliphatic rings. The number of amides is 1. The van der Waals surface area contributed by atoms with Crippen molar-refractivity contribution in [1.82, 2.24) is 14.9 Å². The Labute approximate surface area is 150 Å². The zero-order chi connectivity index (χ0) is 17.8. The lowest BCUT2D eigenvalue weighted by Crippen LogP contribution is -2.37.